The summed E-state index contributed by atoms with van der Waals surface area (Å²) >= 11 is 0. The second-order valence-electron chi connectivity index (χ2n) is 6.58. The molecular formula is C18H24N4O3. The maximum Gasteiger partial charge on any atom is 0.303 e. The second kappa shape index (κ2) is 7.21. The zero-order chi connectivity index (χ0) is 18.0. The number of carboxylic acid groups (broad SMARTS) is 1. The van der Waals surface area contributed by atoms with Gasteiger partial charge in [0.15, 0.2) is 0 Å². The molecule has 2 heterocycles. The number of nitrogens with zero attached hydrogens (tertiary/aromatic N) is 3. The molecule has 2 N–H and O–H groups in total. The summed E-state index contributed by atoms with van der Waals surface area (Å²) in [7, 11) is 0. The van der Waals surface area contributed by atoms with Crippen molar-refractivity contribution in [1.82, 2.24) is 14.5 Å². The minimum absolute atomic E-state index is 0.0548. The number of aryl methyl sites for hydroxylation is 2. The van der Waals surface area contributed by atoms with Gasteiger partial charge in [0.25, 0.3) is 5.56 Å². The first kappa shape index (κ1) is 17.4. The molecule has 7 heteroatoms. The van der Waals surface area contributed by atoms with Crippen LogP contribution in [0.5, 0.6) is 0 Å². The van der Waals surface area contributed by atoms with Crippen LogP contribution in [0, 0.1) is 6.92 Å². The fourth-order valence-corrected chi connectivity index (χ4v) is 3.57. The highest BCUT2D eigenvalue weighted by atomic mass is 16.4. The number of anilines is 1. The molecule has 3 rings (SSSR count). The zero-order valence-electron chi connectivity index (χ0n) is 14.7. The van der Waals surface area contributed by atoms with Crippen molar-refractivity contribution in [1.29, 1.82) is 0 Å². The molecule has 0 amide bonds. The van der Waals surface area contributed by atoms with Crippen molar-refractivity contribution in [2.45, 2.75) is 58.4 Å². The zero-order valence-corrected chi connectivity index (χ0v) is 14.7. The molecule has 0 spiro atoms. The van der Waals surface area contributed by atoms with Gasteiger partial charge in [0, 0.05) is 30.0 Å². The lowest BCUT2D eigenvalue weighted by Crippen LogP contribution is -2.28. The molecule has 0 bridgehead atoms. The van der Waals surface area contributed by atoms with E-state index in [4.69, 9.17) is 5.11 Å². The van der Waals surface area contributed by atoms with Crippen LogP contribution in [0.15, 0.2) is 10.9 Å². The highest BCUT2D eigenvalue weighted by Crippen LogP contribution is 2.31. The Morgan fingerprint density at radius 3 is 2.72 bits per heavy atom. The smallest absolute Gasteiger partial charge is 0.303 e. The van der Waals surface area contributed by atoms with E-state index in [-0.39, 0.29) is 24.4 Å². The Morgan fingerprint density at radius 1 is 1.36 bits per heavy atom. The van der Waals surface area contributed by atoms with Gasteiger partial charge in [-0.25, -0.2) is 4.98 Å². The van der Waals surface area contributed by atoms with Crippen LogP contribution < -0.4 is 10.9 Å². The van der Waals surface area contributed by atoms with Crippen LogP contribution in [0.3, 0.4) is 0 Å². The molecule has 0 aromatic carbocycles. The number of hydrogen-bond acceptors (Lipinski definition) is 5. The minimum atomic E-state index is -0.901. The van der Waals surface area contributed by atoms with E-state index in [1.807, 2.05) is 13.8 Å². The van der Waals surface area contributed by atoms with Crippen molar-refractivity contribution in [2.75, 3.05) is 11.9 Å². The summed E-state index contributed by atoms with van der Waals surface area (Å²) in [6, 6.07) is 1.90. The highest BCUT2D eigenvalue weighted by Gasteiger charge is 2.23. The summed E-state index contributed by atoms with van der Waals surface area (Å²) in [6.07, 6.45) is 4.28. The van der Waals surface area contributed by atoms with Crippen molar-refractivity contribution in [3.05, 3.63) is 27.7 Å². The van der Waals surface area contributed by atoms with Crippen LogP contribution in [0.4, 0.5) is 5.95 Å². The fraction of sp³-hybridized carbons (Fsp3) is 0.556. The summed E-state index contributed by atoms with van der Waals surface area (Å²) in [5.74, 6) is -0.376. The van der Waals surface area contributed by atoms with Gasteiger partial charge in [-0.3, -0.25) is 14.2 Å². The van der Waals surface area contributed by atoms with Crippen LogP contribution in [-0.2, 0) is 11.2 Å². The van der Waals surface area contributed by atoms with Gasteiger partial charge in [-0.2, -0.15) is 4.98 Å². The number of nitrogens with one attached hydrogen (secondary N) is 1. The molecule has 1 aliphatic rings. The second-order valence-corrected chi connectivity index (χ2v) is 6.58. The van der Waals surface area contributed by atoms with Crippen molar-refractivity contribution in [3.63, 3.8) is 0 Å². The van der Waals surface area contributed by atoms with Gasteiger partial charge >= 0.3 is 5.97 Å². The number of fused-ring (bicyclic) bond motifs is 1. The van der Waals surface area contributed by atoms with E-state index < -0.39 is 5.97 Å². The van der Waals surface area contributed by atoms with Crippen LogP contribution in [0.25, 0.3) is 11.0 Å². The third-order valence-corrected chi connectivity index (χ3v) is 4.79. The van der Waals surface area contributed by atoms with Gasteiger partial charge in [-0.05, 0) is 39.2 Å². The number of aromatic nitrogens is 3. The monoisotopic (exact) mass is 344 g/mol. The largest absolute Gasteiger partial charge is 0.481 e. The molecule has 1 saturated carbocycles. The molecule has 134 valence electrons. The van der Waals surface area contributed by atoms with E-state index >= 15 is 0 Å². The number of pyridine rings is 1. The molecule has 2 aromatic heterocycles. The van der Waals surface area contributed by atoms with Crippen LogP contribution in [0.2, 0.25) is 0 Å². The molecule has 1 aliphatic carbocycles. The Bertz CT molecular complexity index is 854. The van der Waals surface area contributed by atoms with Crippen molar-refractivity contribution in [3.8, 4) is 0 Å². The molecule has 2 aromatic rings. The third kappa shape index (κ3) is 3.50. The van der Waals surface area contributed by atoms with Gasteiger partial charge in [-0.1, -0.05) is 12.8 Å². The van der Waals surface area contributed by atoms with Gasteiger partial charge < -0.3 is 10.4 Å². The lowest BCUT2D eigenvalue weighted by molar-refractivity contribution is -0.136. The first-order chi connectivity index (χ1) is 12.0. The standard InChI is InChI=1S/C18H24N4O3/c1-3-19-18-20-11(2)14-10-12(8-9-15(23)24)17(25)22(16(14)21-18)13-6-4-5-7-13/h10,13H,3-9H2,1-2H3,(H,23,24)(H,19,20,21). The normalized spacial score (nSPS) is 15.0. The summed E-state index contributed by atoms with van der Waals surface area (Å²) < 4.78 is 1.79. The van der Waals surface area contributed by atoms with Crippen LogP contribution in [0.1, 0.15) is 56.3 Å². The quantitative estimate of drug-likeness (QED) is 0.836. The summed E-state index contributed by atoms with van der Waals surface area (Å²) in [5.41, 5.74) is 1.87. The Morgan fingerprint density at radius 2 is 2.08 bits per heavy atom. The fourth-order valence-electron chi connectivity index (χ4n) is 3.57. The SMILES string of the molecule is CCNc1nc(C)c2cc(CCC(=O)O)c(=O)n(C3CCCC3)c2n1. The topological polar surface area (TPSA) is 97.1 Å². The van der Waals surface area contributed by atoms with E-state index in [2.05, 4.69) is 15.3 Å². The Balaban J connectivity index is 2.22. The van der Waals surface area contributed by atoms with Crippen molar-refractivity contribution in [2.24, 2.45) is 0 Å². The molecule has 0 atom stereocenters. The van der Waals surface area contributed by atoms with Crippen molar-refractivity contribution < 1.29 is 9.90 Å². The average molecular weight is 344 g/mol. The Labute approximate surface area is 146 Å². The first-order valence-electron chi connectivity index (χ1n) is 8.89. The number of carbonyl (C=O) groups is 1. The van der Waals surface area contributed by atoms with E-state index in [0.29, 0.717) is 23.7 Å². The minimum Gasteiger partial charge on any atom is -0.481 e. The lowest BCUT2D eigenvalue weighted by Gasteiger charge is -2.19. The predicted octanol–water partition coefficient (Wildman–Crippen LogP) is 2.66. The first-order valence-corrected chi connectivity index (χ1v) is 8.89. The number of rotatable bonds is 6. The third-order valence-electron chi connectivity index (χ3n) is 4.79. The van der Waals surface area contributed by atoms with Gasteiger partial charge in [0.1, 0.15) is 5.65 Å². The predicted molar refractivity (Wildman–Crippen MR) is 96.2 cm³/mol. The Kier molecular flexibility index (Phi) is 5.01. The molecule has 0 unspecified atom stereocenters. The number of aliphatic carboxylic acids is 1. The molecule has 0 aliphatic heterocycles. The summed E-state index contributed by atoms with van der Waals surface area (Å²) in [4.78, 5) is 33.0. The van der Waals surface area contributed by atoms with Gasteiger partial charge in [0.05, 0.1) is 5.69 Å². The van der Waals surface area contributed by atoms with E-state index in [0.717, 1.165) is 36.8 Å². The van der Waals surface area contributed by atoms with Gasteiger partial charge in [-0.15, -0.1) is 0 Å². The number of carboxylic acids is 1. The van der Waals surface area contributed by atoms with Gasteiger partial charge in [0.2, 0.25) is 5.95 Å². The van der Waals surface area contributed by atoms with E-state index in [1.165, 1.54) is 0 Å². The van der Waals surface area contributed by atoms with E-state index in [1.54, 1.807) is 10.6 Å². The molecular weight excluding hydrogens is 320 g/mol. The van der Waals surface area contributed by atoms with Crippen molar-refractivity contribution >= 4 is 23.0 Å². The number of hydrogen-bond donors (Lipinski definition) is 2. The van der Waals surface area contributed by atoms with Crippen LogP contribution in [-0.4, -0.2) is 32.2 Å². The Hall–Kier alpha value is -2.44. The molecule has 25 heavy (non-hydrogen) atoms. The molecule has 1 fully saturated rings. The molecule has 0 radical (unpaired) electrons. The van der Waals surface area contributed by atoms with E-state index in [9.17, 15) is 9.59 Å². The average Bonchev–Trinajstić information content (AvgIpc) is 3.07. The maximum atomic E-state index is 13.1. The lowest BCUT2D eigenvalue weighted by atomic mass is 10.1. The summed E-state index contributed by atoms with van der Waals surface area (Å²) in [6.45, 7) is 4.58. The molecule has 7 nitrogen and oxygen atoms in total. The highest BCUT2D eigenvalue weighted by molar-refractivity contribution is 5.80. The van der Waals surface area contributed by atoms with Crippen LogP contribution >= 0.6 is 0 Å². The summed E-state index contributed by atoms with van der Waals surface area (Å²) in [5, 5.41) is 12.9. The molecule has 0 saturated heterocycles. The maximum absolute atomic E-state index is 13.1.